The van der Waals surface area contributed by atoms with E-state index in [1.165, 1.54) is 6.26 Å². The smallest absolute Gasteiger partial charge is 0.241 e. The third-order valence-corrected chi connectivity index (χ3v) is 3.64. The van der Waals surface area contributed by atoms with Gasteiger partial charge < -0.3 is 20.7 Å². The molecule has 138 valence electrons. The molecule has 1 unspecified atom stereocenters. The van der Waals surface area contributed by atoms with E-state index >= 15 is 0 Å². The Morgan fingerprint density at radius 1 is 1.30 bits per heavy atom. The molecule has 8 nitrogen and oxygen atoms in total. The van der Waals surface area contributed by atoms with E-state index in [9.17, 15) is 13.2 Å². The quantitative estimate of drug-likeness (QED) is 0.178. The molecule has 0 spiro atoms. The molecule has 0 heterocycles. The first-order valence-electron chi connectivity index (χ1n) is 7.26. The van der Waals surface area contributed by atoms with Crippen molar-refractivity contribution in [2.24, 2.45) is 4.99 Å². The van der Waals surface area contributed by atoms with Crippen LogP contribution in [0.2, 0.25) is 0 Å². The Morgan fingerprint density at radius 2 is 1.96 bits per heavy atom. The second-order valence-electron chi connectivity index (χ2n) is 5.00. The largest absolute Gasteiger partial charge is 0.383 e. The van der Waals surface area contributed by atoms with Crippen molar-refractivity contribution in [2.75, 3.05) is 45.4 Å². The monoisotopic (exact) mass is 464 g/mol. The van der Waals surface area contributed by atoms with Crippen molar-refractivity contribution in [2.45, 2.75) is 26.3 Å². The van der Waals surface area contributed by atoms with Gasteiger partial charge in [0.25, 0.3) is 0 Å². The first kappa shape index (κ1) is 24.6. The number of aliphatic imine (C=N–C) groups is 1. The first-order valence-corrected chi connectivity index (χ1v) is 9.32. The van der Waals surface area contributed by atoms with Crippen LogP contribution < -0.4 is 16.0 Å². The highest BCUT2D eigenvalue weighted by molar-refractivity contribution is 14.0. The summed E-state index contributed by atoms with van der Waals surface area (Å²) in [5, 5.41) is 8.77. The summed E-state index contributed by atoms with van der Waals surface area (Å²) < 4.78 is 27.1. The lowest BCUT2D eigenvalue weighted by atomic mass is 10.3. The van der Waals surface area contributed by atoms with Gasteiger partial charge in [0.1, 0.15) is 16.4 Å². The van der Waals surface area contributed by atoms with Crippen molar-refractivity contribution >= 4 is 45.7 Å². The van der Waals surface area contributed by atoms with Crippen LogP contribution in [-0.2, 0) is 19.4 Å². The molecule has 1 atom stereocenters. The number of ether oxygens (including phenoxy) is 1. The van der Waals surface area contributed by atoms with E-state index in [2.05, 4.69) is 20.9 Å². The summed E-state index contributed by atoms with van der Waals surface area (Å²) >= 11 is 0. The fraction of sp³-hybridized carbons (Fsp3) is 0.846. The third-order valence-electron chi connectivity index (χ3n) is 2.66. The topological polar surface area (TPSA) is 109 Å². The Bertz CT molecular complexity index is 457. The van der Waals surface area contributed by atoms with E-state index in [4.69, 9.17) is 4.74 Å². The zero-order valence-corrected chi connectivity index (χ0v) is 17.4. The Balaban J connectivity index is 0. The van der Waals surface area contributed by atoms with Gasteiger partial charge >= 0.3 is 0 Å². The molecular weight excluding hydrogens is 435 g/mol. The van der Waals surface area contributed by atoms with E-state index in [1.807, 2.05) is 13.8 Å². The lowest BCUT2D eigenvalue weighted by molar-refractivity contribution is -0.119. The van der Waals surface area contributed by atoms with Gasteiger partial charge in [0.2, 0.25) is 5.91 Å². The summed E-state index contributed by atoms with van der Waals surface area (Å²) in [6.45, 7) is 5.33. The van der Waals surface area contributed by atoms with E-state index in [0.29, 0.717) is 32.1 Å². The van der Waals surface area contributed by atoms with Crippen LogP contribution >= 0.6 is 24.0 Å². The van der Waals surface area contributed by atoms with Crippen LogP contribution in [0.15, 0.2) is 4.99 Å². The Hall–Kier alpha value is -0.620. The van der Waals surface area contributed by atoms with E-state index in [0.717, 1.165) is 0 Å². The fourth-order valence-electron chi connectivity index (χ4n) is 1.52. The molecule has 10 heteroatoms. The zero-order chi connectivity index (χ0) is 17.0. The normalized spacial score (nSPS) is 13.0. The van der Waals surface area contributed by atoms with Crippen molar-refractivity contribution in [1.82, 2.24) is 16.0 Å². The minimum absolute atomic E-state index is 0. The number of nitrogens with one attached hydrogen (secondary N) is 3. The summed E-state index contributed by atoms with van der Waals surface area (Å²) in [6, 6.07) is -0.0657. The number of nitrogens with zero attached hydrogens (tertiary/aromatic N) is 1. The van der Waals surface area contributed by atoms with E-state index in [1.54, 1.807) is 7.11 Å². The zero-order valence-electron chi connectivity index (χ0n) is 14.2. The molecule has 0 aliphatic carbocycles. The Labute approximate surface area is 156 Å². The lowest BCUT2D eigenvalue weighted by Gasteiger charge is -2.17. The van der Waals surface area contributed by atoms with Gasteiger partial charge in [0, 0.05) is 32.5 Å². The minimum atomic E-state index is -2.98. The van der Waals surface area contributed by atoms with Crippen LogP contribution in [0, 0.1) is 0 Å². The highest BCUT2D eigenvalue weighted by atomic mass is 127. The molecule has 0 bridgehead atoms. The predicted molar refractivity (Wildman–Crippen MR) is 103 cm³/mol. The molecule has 0 aromatic carbocycles. The number of carbonyl (C=O) groups excluding carboxylic acids is 1. The molecule has 0 fully saturated rings. The van der Waals surface area contributed by atoms with E-state index < -0.39 is 9.84 Å². The highest BCUT2D eigenvalue weighted by Gasteiger charge is 2.10. The van der Waals surface area contributed by atoms with Crippen molar-refractivity contribution in [3.63, 3.8) is 0 Å². The average molecular weight is 464 g/mol. The third kappa shape index (κ3) is 16.0. The molecule has 1 amide bonds. The lowest BCUT2D eigenvalue weighted by Crippen LogP contribution is -2.43. The van der Waals surface area contributed by atoms with Crippen LogP contribution in [0.25, 0.3) is 0 Å². The summed E-state index contributed by atoms with van der Waals surface area (Å²) in [7, 11) is -1.42. The maximum atomic E-state index is 11.6. The highest BCUT2D eigenvalue weighted by Crippen LogP contribution is 1.95. The van der Waals surface area contributed by atoms with Crippen LogP contribution in [0.4, 0.5) is 0 Å². The standard InChI is InChI=1S/C13H28N4O4S.HI/c1-5-14-13(16-10-12(18)15-7-8-21-3)17-11(2)6-9-22(4,19)20;/h11H,5-10H2,1-4H3,(H,15,18)(H2,14,16,17);1H. The summed E-state index contributed by atoms with van der Waals surface area (Å²) in [6.07, 6.45) is 1.69. The number of hydrogen-bond acceptors (Lipinski definition) is 5. The molecule has 0 aromatic heterocycles. The molecule has 0 saturated heterocycles. The number of halogens is 1. The number of carbonyl (C=O) groups is 1. The van der Waals surface area contributed by atoms with Gasteiger partial charge in [-0.25, -0.2) is 13.4 Å². The van der Waals surface area contributed by atoms with Gasteiger partial charge in [-0.3, -0.25) is 4.79 Å². The van der Waals surface area contributed by atoms with Gasteiger partial charge in [0.05, 0.1) is 12.4 Å². The van der Waals surface area contributed by atoms with Crippen LogP contribution in [-0.4, -0.2) is 71.7 Å². The maximum absolute atomic E-state index is 11.6. The number of sulfone groups is 1. The number of methoxy groups -OCH3 is 1. The Morgan fingerprint density at radius 3 is 2.48 bits per heavy atom. The molecule has 0 saturated carbocycles. The van der Waals surface area contributed by atoms with Crippen molar-refractivity contribution < 1.29 is 17.9 Å². The molecule has 0 radical (unpaired) electrons. The molecule has 23 heavy (non-hydrogen) atoms. The van der Waals surface area contributed by atoms with Crippen molar-refractivity contribution in [1.29, 1.82) is 0 Å². The van der Waals surface area contributed by atoms with Crippen LogP contribution in [0.5, 0.6) is 0 Å². The Kier molecular flexibility index (Phi) is 14.8. The van der Waals surface area contributed by atoms with Gasteiger partial charge in [-0.2, -0.15) is 0 Å². The SMILES string of the molecule is CCNC(=NCC(=O)NCCOC)NC(C)CCS(C)(=O)=O.I. The second-order valence-corrected chi connectivity index (χ2v) is 7.26. The molecule has 0 aliphatic rings. The fourth-order valence-corrected chi connectivity index (χ4v) is 2.30. The average Bonchev–Trinajstić information content (AvgIpc) is 2.42. The number of amides is 1. The number of hydrogen-bond donors (Lipinski definition) is 3. The number of guanidine groups is 1. The number of rotatable bonds is 10. The van der Waals surface area contributed by atoms with Crippen LogP contribution in [0.3, 0.4) is 0 Å². The first-order chi connectivity index (χ1) is 10.3. The van der Waals surface area contributed by atoms with E-state index in [-0.39, 0.29) is 48.2 Å². The molecule has 0 aliphatic heterocycles. The van der Waals surface area contributed by atoms with Gasteiger partial charge in [0.15, 0.2) is 5.96 Å². The molecule has 0 rings (SSSR count). The predicted octanol–water partition coefficient (Wildman–Crippen LogP) is -0.255. The maximum Gasteiger partial charge on any atom is 0.241 e. The van der Waals surface area contributed by atoms with Gasteiger partial charge in [-0.1, -0.05) is 0 Å². The van der Waals surface area contributed by atoms with Crippen molar-refractivity contribution in [3.8, 4) is 0 Å². The summed E-state index contributed by atoms with van der Waals surface area (Å²) in [4.78, 5) is 15.7. The summed E-state index contributed by atoms with van der Waals surface area (Å²) in [5.41, 5.74) is 0. The van der Waals surface area contributed by atoms with Gasteiger partial charge in [-0.15, -0.1) is 24.0 Å². The minimum Gasteiger partial charge on any atom is -0.383 e. The van der Waals surface area contributed by atoms with Crippen LogP contribution in [0.1, 0.15) is 20.3 Å². The molecule has 3 N–H and O–H groups in total. The molecular formula is C13H29IN4O4S. The second kappa shape index (κ2) is 13.8. The molecule has 0 aromatic rings. The summed E-state index contributed by atoms with van der Waals surface area (Å²) in [5.74, 6) is 0.404. The van der Waals surface area contributed by atoms with Crippen molar-refractivity contribution in [3.05, 3.63) is 0 Å². The van der Waals surface area contributed by atoms with Gasteiger partial charge in [-0.05, 0) is 20.3 Å².